The van der Waals surface area contributed by atoms with Gasteiger partial charge in [-0.2, -0.15) is 9.51 Å². The molecule has 706 valence electrons. The summed E-state index contributed by atoms with van der Waals surface area (Å²) in [6.07, 6.45) is 7.20. The molecule has 0 unspecified atom stereocenters. The second-order valence-corrected chi connectivity index (χ2v) is 65.8. The van der Waals surface area contributed by atoms with Crippen molar-refractivity contribution < 1.29 is 18.1 Å². The fraction of sp³-hybridized carbons (Fsp3) is 0. The Morgan fingerprint density at radius 2 is 0.375 bits per heavy atom. The maximum Gasteiger partial charge on any atom is 0.456 e. The summed E-state index contributed by atoms with van der Waals surface area (Å²) in [5, 5.41) is 3.41. The molecule has 0 spiro atoms. The van der Waals surface area contributed by atoms with E-state index in [1.807, 2.05) is 309 Å². The molecule has 3 aliphatic rings. The minimum absolute atomic E-state index is 0.328. The quantitative estimate of drug-likeness (QED) is 0.0371. The lowest BCUT2D eigenvalue weighted by Crippen LogP contribution is -2.12. The normalized spacial score (nSPS) is 14.6. The van der Waals surface area contributed by atoms with Crippen LogP contribution in [0.4, 0.5) is 0 Å². The first-order valence-electron chi connectivity index (χ1n) is 45.5. The summed E-state index contributed by atoms with van der Waals surface area (Å²) < 4.78 is 77.9. The van der Waals surface area contributed by atoms with E-state index in [0.29, 0.717) is 34.7 Å². The third kappa shape index (κ3) is 26.5. The molecule has 17 nitrogen and oxygen atoms in total. The van der Waals surface area contributed by atoms with Crippen LogP contribution in [0.3, 0.4) is 0 Å². The number of rotatable bonds is 31. The van der Waals surface area contributed by atoms with Gasteiger partial charge in [-0.15, -0.1) is 0 Å². The number of aromatic nitrogens is 4. The number of hydrogen-bond donors (Lipinski definition) is 0. The van der Waals surface area contributed by atoms with E-state index in [1.165, 1.54) is 0 Å². The Morgan fingerprint density at radius 1 is 0.160 bits per heavy atom. The number of nitrogens with zero attached hydrogens (tertiary/aromatic N) is 13. The van der Waals surface area contributed by atoms with Crippen molar-refractivity contribution >= 4 is 146 Å². The number of pyridine rings is 4. The smallest absolute Gasteiger partial charge is 0.413 e. The zero-order valence-corrected chi connectivity index (χ0v) is 88.5. The Morgan fingerprint density at radius 3 is 0.646 bits per heavy atom. The summed E-state index contributed by atoms with van der Waals surface area (Å²) >= 11 is 13.5. The van der Waals surface area contributed by atoms with Gasteiger partial charge in [0.1, 0.15) is 43.1 Å². The molecule has 0 fully saturated rings. The molecular formula is C113H87N13O4P6S8. The summed E-state index contributed by atoms with van der Waals surface area (Å²) in [6, 6.07) is 168. The molecule has 0 atom stereocenters. The van der Waals surface area contributed by atoms with Crippen molar-refractivity contribution in [2.45, 2.75) is 39.7 Å². The topological polar surface area (TPSA) is 200 Å². The van der Waals surface area contributed by atoms with E-state index in [4.69, 9.17) is 60.2 Å². The van der Waals surface area contributed by atoms with Crippen LogP contribution in [0.5, 0.6) is 23.0 Å². The Bertz CT molecular complexity index is 7110. The van der Waals surface area contributed by atoms with Crippen LogP contribution in [0.2, 0.25) is 0 Å². The molecule has 7 heterocycles. The molecule has 0 aliphatic carbocycles. The van der Waals surface area contributed by atoms with Gasteiger partial charge in [0.2, 0.25) is 11.2 Å². The average molecular weight is 2130 g/mol. The molecule has 0 saturated carbocycles. The highest BCUT2D eigenvalue weighted by atomic mass is 33.1. The zero-order valence-electron chi connectivity index (χ0n) is 76.6. The molecule has 19 aromatic rings. The van der Waals surface area contributed by atoms with E-state index in [-0.39, 0.29) is 0 Å². The predicted octanol–water partition coefficient (Wildman–Crippen LogP) is 38.9. The molecule has 3 aliphatic heterocycles. The summed E-state index contributed by atoms with van der Waals surface area (Å²) in [5.74, 6) is 3.81. The van der Waals surface area contributed by atoms with E-state index < -0.39 is 37.8 Å². The van der Waals surface area contributed by atoms with Gasteiger partial charge in [0.25, 0.3) is 0 Å². The Balaban J connectivity index is 0.000000138. The van der Waals surface area contributed by atoms with Crippen LogP contribution in [0.1, 0.15) is 16.7 Å². The zero-order chi connectivity index (χ0) is 97.2. The minimum atomic E-state index is -3.90. The van der Waals surface area contributed by atoms with Gasteiger partial charge in [0.15, 0.2) is 28.7 Å². The van der Waals surface area contributed by atoms with Crippen LogP contribution in [-0.2, 0) is 0 Å². The summed E-state index contributed by atoms with van der Waals surface area (Å²) in [6.45, 7) is 0. The molecule has 0 saturated heterocycles. The second-order valence-electron chi connectivity index (χ2n) is 31.5. The van der Waals surface area contributed by atoms with E-state index in [2.05, 4.69) is 214 Å². The summed E-state index contributed by atoms with van der Waals surface area (Å²) in [7, 11) is -7.79. The molecule has 22 rings (SSSR count). The molecule has 15 aromatic carbocycles. The average Bonchev–Trinajstić information content (AvgIpc) is 0.767. The summed E-state index contributed by atoms with van der Waals surface area (Å²) in [4.78, 5) is 23.2. The van der Waals surface area contributed by atoms with Crippen molar-refractivity contribution in [3.05, 3.63) is 545 Å². The number of benzene rings is 15. The first-order chi connectivity index (χ1) is 70.9. The van der Waals surface area contributed by atoms with Crippen LogP contribution in [0.25, 0.3) is 44.5 Å². The Hall–Kier alpha value is -12.7. The van der Waals surface area contributed by atoms with Gasteiger partial charge >= 0.3 is 15.3 Å². The standard InChI is InChI=1S/C55H41N3O4P2.C31H25N3P2S4.C27H21N7P2S4/c1-6-20-42(21-7-1)47-30-16-34-51(38-47)59-63(60-52-35-17-31-48(39-52)43-22-8-2-9-23-43)56-55(46-28-14-5-15-29-46)57-64(58-63,61-53-36-18-32-49(40-53)44-24-10-3-11-25-44)62-54-37-19-33-50(41-54)45-26-12-4-13-27-45;1-6-16-26(17-7-1)31-32-35(37-27-18-8-2-9-19-27,38-28-20-10-3-11-21-28)34-36(33-31,39-29-22-12-4-13-23-29)40-30-24-14-5-15-25-30;1-2-12-22(13-3-1)27-32-35(37-23-14-4-8-18-28-23,38-24-15-5-9-19-29-24)34-36(33-27,39-25-16-6-10-20-30-25)40-26-17-7-11-21-31-26/h1-41H;1-25H;1-21H. The summed E-state index contributed by atoms with van der Waals surface area (Å²) in [5.41, 5.74) is 0.329. The largest absolute Gasteiger partial charge is 0.456 e. The van der Waals surface area contributed by atoms with Crippen molar-refractivity contribution in [3.63, 3.8) is 0 Å². The fourth-order valence-corrected chi connectivity index (χ4v) is 62.8. The first-order valence-corrected chi connectivity index (χ1v) is 66.7. The molecular weight excluding hydrogens is 2050 g/mol. The lowest BCUT2D eigenvalue weighted by atomic mass is 10.1. The lowest BCUT2D eigenvalue weighted by Gasteiger charge is -2.30. The van der Waals surface area contributed by atoms with Crippen molar-refractivity contribution in [1.29, 1.82) is 0 Å². The highest BCUT2D eigenvalue weighted by Crippen LogP contribution is 2.91. The van der Waals surface area contributed by atoms with Crippen LogP contribution in [0.15, 0.2) is 610 Å². The monoisotopic (exact) mass is 2130 g/mol. The van der Waals surface area contributed by atoms with Gasteiger partial charge in [-0.25, -0.2) is 48.0 Å². The van der Waals surface area contributed by atoms with E-state index in [1.54, 1.807) is 116 Å². The van der Waals surface area contributed by atoms with Crippen LogP contribution < -0.4 is 18.1 Å². The van der Waals surface area contributed by atoms with E-state index in [0.717, 1.165) is 107 Å². The lowest BCUT2D eigenvalue weighted by molar-refractivity contribution is 0.459. The van der Waals surface area contributed by atoms with Crippen LogP contribution in [0, 0.1) is 0 Å². The second kappa shape index (κ2) is 47.9. The van der Waals surface area contributed by atoms with Gasteiger partial charge in [0.05, 0.1) is 0 Å². The number of hydrogen-bond acceptors (Lipinski definition) is 25. The third-order valence-corrected chi connectivity index (χ3v) is 59.5. The maximum absolute atomic E-state index is 7.17. The van der Waals surface area contributed by atoms with Gasteiger partial charge in [-0.3, -0.25) is 0 Å². The molecule has 0 bridgehead atoms. The van der Waals surface area contributed by atoms with Crippen molar-refractivity contribution in [2.24, 2.45) is 42.1 Å². The van der Waals surface area contributed by atoms with Gasteiger partial charge in [0, 0.05) is 61.1 Å². The predicted molar refractivity (Wildman–Crippen MR) is 615 cm³/mol. The van der Waals surface area contributed by atoms with Gasteiger partial charge in [-0.05, 0) is 281 Å². The minimum Gasteiger partial charge on any atom is -0.413 e. The van der Waals surface area contributed by atoms with Crippen molar-refractivity contribution in [1.82, 2.24) is 19.9 Å². The first kappa shape index (κ1) is 98.7. The van der Waals surface area contributed by atoms with Crippen LogP contribution in [-0.4, -0.2) is 37.4 Å². The molecule has 144 heavy (non-hydrogen) atoms. The number of amidine groups is 3. The molecule has 4 aromatic heterocycles. The molecule has 0 N–H and O–H groups in total. The van der Waals surface area contributed by atoms with Gasteiger partial charge < -0.3 is 18.1 Å². The maximum atomic E-state index is 7.17. The fourth-order valence-electron chi connectivity index (χ4n) is 14.6. The highest BCUT2D eigenvalue weighted by molar-refractivity contribution is 8.96. The molecule has 0 amide bonds. The molecule has 0 radical (unpaired) electrons. The van der Waals surface area contributed by atoms with Gasteiger partial charge in [-0.1, -0.05) is 362 Å². The Labute approximate surface area is 870 Å². The Kier molecular flexibility index (Phi) is 32.8. The third-order valence-electron chi connectivity index (χ3n) is 21.0. The SMILES string of the molecule is c1ccc(C2=NP(Oc3cccc(-c4ccccc4)c3)(Oc3cccc(-c4ccccc4)c3)=NP(Oc3cccc(-c4ccccc4)c3)(Oc3cccc(-c4ccccc4)c3)=N2)cc1.c1ccc(C2=NP(Sc3ccccn3)(Sc3ccccn3)=NP(Sc3ccccn3)(Sc3ccccn3)=N2)cc1.c1ccc(SP2(Sc3ccccc3)=NC(c3ccccc3)=NP(Sc3ccccc3)(Sc3ccccc3)=N2)cc1. The highest BCUT2D eigenvalue weighted by Gasteiger charge is 2.44. The van der Waals surface area contributed by atoms with Crippen molar-refractivity contribution in [2.75, 3.05) is 0 Å². The van der Waals surface area contributed by atoms with Crippen molar-refractivity contribution in [3.8, 4) is 67.5 Å². The van der Waals surface area contributed by atoms with E-state index >= 15 is 0 Å². The van der Waals surface area contributed by atoms with E-state index in [9.17, 15) is 0 Å². The molecule has 31 heteroatoms. The van der Waals surface area contributed by atoms with Crippen LogP contribution >= 0.6 is 129 Å².